The molecule has 25 heavy (non-hydrogen) atoms. The molecule has 1 saturated heterocycles. The molecule has 1 aromatic heterocycles. The summed E-state index contributed by atoms with van der Waals surface area (Å²) in [6, 6.07) is 11.7. The lowest BCUT2D eigenvalue weighted by Gasteiger charge is -2.22. The molecule has 0 unspecified atom stereocenters. The van der Waals surface area contributed by atoms with Gasteiger partial charge in [-0.15, -0.1) is 0 Å². The van der Waals surface area contributed by atoms with Crippen molar-refractivity contribution in [3.05, 3.63) is 58.9 Å². The fourth-order valence-electron chi connectivity index (χ4n) is 3.37. The first kappa shape index (κ1) is 17.3. The first-order chi connectivity index (χ1) is 12.0. The van der Waals surface area contributed by atoms with Crippen LogP contribution in [-0.2, 0) is 11.2 Å². The molecule has 0 spiro atoms. The van der Waals surface area contributed by atoms with E-state index >= 15 is 0 Å². The second-order valence-corrected chi connectivity index (χ2v) is 6.68. The molecule has 0 bridgehead atoms. The van der Waals surface area contributed by atoms with Crippen molar-refractivity contribution in [1.29, 1.82) is 0 Å². The van der Waals surface area contributed by atoms with Gasteiger partial charge in [-0.2, -0.15) is 0 Å². The first-order valence-electron chi connectivity index (χ1n) is 8.82. The van der Waals surface area contributed by atoms with Crippen LogP contribution >= 0.6 is 0 Å². The van der Waals surface area contributed by atoms with Gasteiger partial charge in [-0.3, -0.25) is 9.59 Å². The van der Waals surface area contributed by atoms with E-state index in [0.717, 1.165) is 28.9 Å². The third-order valence-corrected chi connectivity index (χ3v) is 4.71. The summed E-state index contributed by atoms with van der Waals surface area (Å²) >= 11 is 0. The van der Waals surface area contributed by atoms with Gasteiger partial charge < -0.3 is 14.8 Å². The number of carbonyl (C=O) groups excluding carboxylic acids is 2. The average molecular weight is 339 g/mol. The minimum absolute atomic E-state index is 0.0548. The Morgan fingerprint density at radius 2 is 1.68 bits per heavy atom. The number of carbonyl (C=O) groups is 2. The molecule has 1 aliphatic heterocycles. The maximum atomic E-state index is 12.8. The Morgan fingerprint density at radius 1 is 1.00 bits per heavy atom. The van der Waals surface area contributed by atoms with Gasteiger partial charge in [0, 0.05) is 37.6 Å². The zero-order valence-electron chi connectivity index (χ0n) is 14.9. The van der Waals surface area contributed by atoms with Crippen molar-refractivity contribution >= 4 is 11.8 Å². The van der Waals surface area contributed by atoms with E-state index < -0.39 is 0 Å². The van der Waals surface area contributed by atoms with Crippen LogP contribution in [0.5, 0.6) is 0 Å². The van der Waals surface area contributed by atoms with E-state index in [1.54, 1.807) is 0 Å². The van der Waals surface area contributed by atoms with Crippen LogP contribution in [-0.4, -0.2) is 52.8 Å². The van der Waals surface area contributed by atoms with E-state index in [1.807, 2.05) is 60.0 Å². The molecule has 0 radical (unpaired) electrons. The standard InChI is InChI=1S/C20H25N3O2/c1-15-13-18(16(2)21-15)20(25)23-10-6-9-22(11-12-23)19(24)14-17-7-4-3-5-8-17/h3-5,7-8,13,21H,6,9-12,14H2,1-2H3. The van der Waals surface area contributed by atoms with Gasteiger partial charge in [0.05, 0.1) is 12.0 Å². The summed E-state index contributed by atoms with van der Waals surface area (Å²) in [6.07, 6.45) is 1.24. The van der Waals surface area contributed by atoms with Gasteiger partial charge in [0.25, 0.3) is 5.91 Å². The number of aryl methyl sites for hydroxylation is 2. The van der Waals surface area contributed by atoms with Gasteiger partial charge in [0.2, 0.25) is 5.91 Å². The molecule has 132 valence electrons. The molecule has 0 saturated carbocycles. The fourth-order valence-corrected chi connectivity index (χ4v) is 3.37. The summed E-state index contributed by atoms with van der Waals surface area (Å²) in [6.45, 7) is 6.46. The van der Waals surface area contributed by atoms with Crippen molar-refractivity contribution in [2.75, 3.05) is 26.2 Å². The number of H-pyrrole nitrogens is 1. The van der Waals surface area contributed by atoms with Gasteiger partial charge in [-0.25, -0.2) is 0 Å². The highest BCUT2D eigenvalue weighted by Crippen LogP contribution is 2.15. The quantitative estimate of drug-likeness (QED) is 0.934. The normalized spacial score (nSPS) is 15.1. The van der Waals surface area contributed by atoms with E-state index in [-0.39, 0.29) is 11.8 Å². The van der Waals surface area contributed by atoms with Crippen LogP contribution in [0.15, 0.2) is 36.4 Å². The smallest absolute Gasteiger partial charge is 0.255 e. The Morgan fingerprint density at radius 3 is 2.36 bits per heavy atom. The zero-order valence-corrected chi connectivity index (χ0v) is 14.9. The van der Waals surface area contributed by atoms with Crippen molar-refractivity contribution in [3.63, 3.8) is 0 Å². The van der Waals surface area contributed by atoms with Gasteiger partial charge in [-0.1, -0.05) is 30.3 Å². The molecule has 1 fully saturated rings. The number of rotatable bonds is 3. The number of hydrogen-bond donors (Lipinski definition) is 1. The minimum atomic E-state index is 0.0548. The number of amides is 2. The van der Waals surface area contributed by atoms with Crippen LogP contribution in [0.4, 0.5) is 0 Å². The van der Waals surface area contributed by atoms with Crippen LogP contribution in [0.3, 0.4) is 0 Å². The van der Waals surface area contributed by atoms with E-state index in [1.165, 1.54) is 0 Å². The molecule has 2 amide bonds. The summed E-state index contributed by atoms with van der Waals surface area (Å²) in [5, 5.41) is 0. The molecule has 1 N–H and O–H groups in total. The van der Waals surface area contributed by atoms with E-state index in [9.17, 15) is 9.59 Å². The van der Waals surface area contributed by atoms with Crippen molar-refractivity contribution in [2.24, 2.45) is 0 Å². The van der Waals surface area contributed by atoms with Gasteiger partial charge in [-0.05, 0) is 31.9 Å². The Kier molecular flexibility index (Phi) is 5.22. The lowest BCUT2D eigenvalue weighted by molar-refractivity contribution is -0.130. The van der Waals surface area contributed by atoms with Gasteiger partial charge in [0.15, 0.2) is 0 Å². The Bertz CT molecular complexity index is 752. The molecule has 1 aromatic carbocycles. The van der Waals surface area contributed by atoms with Crippen molar-refractivity contribution < 1.29 is 9.59 Å². The third-order valence-electron chi connectivity index (χ3n) is 4.71. The molecular formula is C20H25N3O2. The maximum absolute atomic E-state index is 12.8. The van der Waals surface area contributed by atoms with Crippen LogP contribution in [0.25, 0.3) is 0 Å². The summed E-state index contributed by atoms with van der Waals surface area (Å²) in [5.41, 5.74) is 3.67. The van der Waals surface area contributed by atoms with Crippen molar-refractivity contribution in [1.82, 2.24) is 14.8 Å². The second-order valence-electron chi connectivity index (χ2n) is 6.68. The molecular weight excluding hydrogens is 314 g/mol. The van der Waals surface area contributed by atoms with E-state index in [0.29, 0.717) is 32.6 Å². The lowest BCUT2D eigenvalue weighted by atomic mass is 10.1. The second kappa shape index (κ2) is 7.55. The lowest BCUT2D eigenvalue weighted by Crippen LogP contribution is -2.38. The molecule has 5 nitrogen and oxygen atoms in total. The predicted octanol–water partition coefficient (Wildman–Crippen LogP) is 2.55. The largest absolute Gasteiger partial charge is 0.362 e. The molecule has 2 aromatic rings. The topological polar surface area (TPSA) is 56.4 Å². The summed E-state index contributed by atoms with van der Waals surface area (Å²) < 4.78 is 0. The monoisotopic (exact) mass is 339 g/mol. The first-order valence-corrected chi connectivity index (χ1v) is 8.82. The highest BCUT2D eigenvalue weighted by Gasteiger charge is 2.24. The molecule has 1 aliphatic rings. The summed E-state index contributed by atoms with van der Waals surface area (Å²) in [7, 11) is 0. The van der Waals surface area contributed by atoms with Gasteiger partial charge >= 0.3 is 0 Å². The number of hydrogen-bond acceptors (Lipinski definition) is 2. The van der Waals surface area contributed by atoms with Gasteiger partial charge in [0.1, 0.15) is 0 Å². The van der Waals surface area contributed by atoms with Crippen molar-refractivity contribution in [2.45, 2.75) is 26.7 Å². The molecule has 0 aliphatic carbocycles. The Balaban J connectivity index is 1.61. The number of nitrogens with zero attached hydrogens (tertiary/aromatic N) is 2. The molecule has 3 rings (SSSR count). The van der Waals surface area contributed by atoms with Crippen LogP contribution in [0.1, 0.15) is 33.7 Å². The minimum Gasteiger partial charge on any atom is -0.362 e. The third kappa shape index (κ3) is 4.10. The molecule has 5 heteroatoms. The van der Waals surface area contributed by atoms with Crippen molar-refractivity contribution in [3.8, 4) is 0 Å². The molecule has 2 heterocycles. The average Bonchev–Trinajstić information content (AvgIpc) is 2.80. The Labute approximate surface area is 148 Å². The van der Waals surface area contributed by atoms with E-state index in [2.05, 4.69) is 4.98 Å². The highest BCUT2D eigenvalue weighted by molar-refractivity contribution is 5.95. The number of nitrogens with one attached hydrogen (secondary N) is 1. The maximum Gasteiger partial charge on any atom is 0.255 e. The number of benzene rings is 1. The zero-order chi connectivity index (χ0) is 17.8. The number of aromatic amines is 1. The van der Waals surface area contributed by atoms with Crippen LogP contribution < -0.4 is 0 Å². The van der Waals surface area contributed by atoms with E-state index in [4.69, 9.17) is 0 Å². The van der Waals surface area contributed by atoms with Crippen LogP contribution in [0.2, 0.25) is 0 Å². The Hall–Kier alpha value is -2.56. The SMILES string of the molecule is Cc1cc(C(=O)N2CCCN(C(=O)Cc3ccccc3)CC2)c(C)[nH]1. The summed E-state index contributed by atoms with van der Waals surface area (Å²) in [5.74, 6) is 0.188. The molecule has 0 atom stereocenters. The van der Waals surface area contributed by atoms with Crippen LogP contribution in [0, 0.1) is 13.8 Å². The predicted molar refractivity (Wildman–Crippen MR) is 97.5 cm³/mol. The number of aromatic nitrogens is 1. The highest BCUT2D eigenvalue weighted by atomic mass is 16.2. The fraction of sp³-hybridized carbons (Fsp3) is 0.400. The summed E-state index contributed by atoms with van der Waals surface area (Å²) in [4.78, 5) is 32.2.